The first-order valence-corrected chi connectivity index (χ1v) is 12.1. The monoisotopic (exact) mass is 490 g/mol. The van der Waals surface area contributed by atoms with Crippen LogP contribution in [0.3, 0.4) is 0 Å². The number of hydrogen-bond donors (Lipinski definition) is 4. The molecule has 2 aliphatic heterocycles. The summed E-state index contributed by atoms with van der Waals surface area (Å²) in [5, 5.41) is 33.2. The summed E-state index contributed by atoms with van der Waals surface area (Å²) in [6.07, 6.45) is 1.49. The maximum Gasteiger partial charge on any atom is 0.247 e. The summed E-state index contributed by atoms with van der Waals surface area (Å²) in [6, 6.07) is 2.59. The number of fused-ring (bicyclic) bond motifs is 3. The molecule has 10 heteroatoms. The van der Waals surface area contributed by atoms with E-state index in [0.717, 1.165) is 12.8 Å². The third-order valence-corrected chi connectivity index (χ3v) is 6.90. The molecule has 4 N–H and O–H groups in total. The van der Waals surface area contributed by atoms with Crippen LogP contribution in [0.5, 0.6) is 11.5 Å². The van der Waals surface area contributed by atoms with Crippen LogP contribution in [0.2, 0.25) is 0 Å². The Kier molecular flexibility index (Phi) is 7.95. The van der Waals surface area contributed by atoms with Crippen molar-refractivity contribution < 1.29 is 39.1 Å². The fraction of sp³-hybridized carbons (Fsp3) is 0.600. The molecule has 0 unspecified atom stereocenters. The molecule has 0 bridgehead atoms. The predicted molar refractivity (Wildman–Crippen MR) is 125 cm³/mol. The van der Waals surface area contributed by atoms with E-state index in [1.54, 1.807) is 30.0 Å². The van der Waals surface area contributed by atoms with E-state index < -0.39 is 30.1 Å². The van der Waals surface area contributed by atoms with Crippen LogP contribution in [0.1, 0.15) is 43.2 Å². The second kappa shape index (κ2) is 10.9. The molecule has 35 heavy (non-hydrogen) atoms. The van der Waals surface area contributed by atoms with Gasteiger partial charge in [-0.1, -0.05) is 6.92 Å². The first kappa shape index (κ1) is 25.4. The summed E-state index contributed by atoms with van der Waals surface area (Å²) < 4.78 is 17.4. The molecule has 3 aliphatic rings. The molecule has 1 aromatic carbocycles. The molecule has 1 saturated heterocycles. The average Bonchev–Trinajstić information content (AvgIpc) is 3.53. The molecule has 10 nitrogen and oxygen atoms in total. The number of hydrogen-bond acceptors (Lipinski definition) is 8. The second-order valence-electron chi connectivity index (χ2n) is 9.05. The molecule has 0 saturated carbocycles. The number of nitrogens with zero attached hydrogens (tertiary/aromatic N) is 1. The Labute approximate surface area is 204 Å². The maximum atomic E-state index is 13.2. The average molecular weight is 491 g/mol. The van der Waals surface area contributed by atoms with Gasteiger partial charge in [-0.2, -0.15) is 0 Å². The Balaban J connectivity index is 1.78. The third kappa shape index (κ3) is 4.88. The van der Waals surface area contributed by atoms with Gasteiger partial charge in [0.05, 0.1) is 38.4 Å². The minimum Gasteiger partial charge on any atom is -0.493 e. The van der Waals surface area contributed by atoms with Crippen LogP contribution in [0.4, 0.5) is 0 Å². The van der Waals surface area contributed by atoms with Crippen LogP contribution < -0.4 is 14.8 Å². The highest BCUT2D eigenvalue weighted by Gasteiger charge is 2.51. The van der Waals surface area contributed by atoms with Crippen LogP contribution in [-0.2, 0) is 20.9 Å². The fourth-order valence-electron chi connectivity index (χ4n) is 5.22. The quantitative estimate of drug-likeness (QED) is 0.386. The Morgan fingerprint density at radius 3 is 2.71 bits per heavy atom. The lowest BCUT2D eigenvalue weighted by atomic mass is 9.77. The van der Waals surface area contributed by atoms with Gasteiger partial charge in [0.2, 0.25) is 11.8 Å². The van der Waals surface area contributed by atoms with Crippen molar-refractivity contribution in [3.8, 4) is 11.5 Å². The molecule has 2 heterocycles. The fourth-order valence-corrected chi connectivity index (χ4v) is 5.22. The zero-order chi connectivity index (χ0) is 25.1. The van der Waals surface area contributed by atoms with Crippen molar-refractivity contribution in [1.29, 1.82) is 0 Å². The smallest absolute Gasteiger partial charge is 0.247 e. The normalized spacial score (nSPS) is 26.9. The molecule has 1 aromatic rings. The molecule has 0 radical (unpaired) electrons. The Bertz CT molecular complexity index is 974. The molecule has 1 fully saturated rings. The van der Waals surface area contributed by atoms with Gasteiger partial charge in [0.1, 0.15) is 12.2 Å². The van der Waals surface area contributed by atoms with E-state index in [-0.39, 0.29) is 38.2 Å². The van der Waals surface area contributed by atoms with Gasteiger partial charge in [0.25, 0.3) is 0 Å². The zero-order valence-corrected chi connectivity index (χ0v) is 20.1. The van der Waals surface area contributed by atoms with Gasteiger partial charge in [-0.25, -0.2) is 0 Å². The van der Waals surface area contributed by atoms with Gasteiger partial charge in [0, 0.05) is 37.3 Å². The van der Waals surface area contributed by atoms with Gasteiger partial charge in [0.15, 0.2) is 11.5 Å². The molecule has 0 aromatic heterocycles. The SMILES string of the molecule is CCC(=O)N(C[C@H]1CCCO1)[C@@H]1C=C(C(=O)NCCO)[C@@H]2c3cc(CO)cc(OC)c3O[C@@H]2[C@H]1O. The molecule has 1 aliphatic carbocycles. The number of aliphatic hydroxyl groups excluding tert-OH is 3. The number of benzene rings is 1. The number of ether oxygens (including phenoxy) is 3. The molecular formula is C25H34N2O8. The van der Waals surface area contributed by atoms with E-state index in [1.165, 1.54) is 7.11 Å². The molecule has 4 rings (SSSR count). The van der Waals surface area contributed by atoms with Gasteiger partial charge >= 0.3 is 0 Å². The van der Waals surface area contributed by atoms with E-state index in [2.05, 4.69) is 5.32 Å². The van der Waals surface area contributed by atoms with Crippen LogP contribution in [0.15, 0.2) is 23.8 Å². The van der Waals surface area contributed by atoms with E-state index in [9.17, 15) is 24.9 Å². The van der Waals surface area contributed by atoms with Crippen molar-refractivity contribution in [3.63, 3.8) is 0 Å². The van der Waals surface area contributed by atoms with Crippen LogP contribution in [0.25, 0.3) is 0 Å². The second-order valence-corrected chi connectivity index (χ2v) is 9.05. The van der Waals surface area contributed by atoms with Crippen molar-refractivity contribution >= 4 is 11.8 Å². The maximum absolute atomic E-state index is 13.2. The van der Waals surface area contributed by atoms with Crippen LogP contribution in [-0.4, -0.2) is 89.8 Å². The van der Waals surface area contributed by atoms with Gasteiger partial charge in [-0.3, -0.25) is 9.59 Å². The summed E-state index contributed by atoms with van der Waals surface area (Å²) in [7, 11) is 1.48. The van der Waals surface area contributed by atoms with Crippen molar-refractivity contribution in [2.45, 2.75) is 63.1 Å². The molecule has 5 atom stereocenters. The molecule has 0 spiro atoms. The number of methoxy groups -OCH3 is 1. The number of amides is 2. The van der Waals surface area contributed by atoms with Gasteiger partial charge in [-0.05, 0) is 36.6 Å². The highest BCUT2D eigenvalue weighted by molar-refractivity contribution is 5.96. The number of carbonyl (C=O) groups is 2. The van der Waals surface area contributed by atoms with Crippen molar-refractivity contribution in [2.75, 3.05) is 33.4 Å². The molecule has 2 amide bonds. The Morgan fingerprint density at radius 2 is 2.09 bits per heavy atom. The zero-order valence-electron chi connectivity index (χ0n) is 20.1. The van der Waals surface area contributed by atoms with Gasteiger partial charge in [-0.15, -0.1) is 0 Å². The van der Waals surface area contributed by atoms with E-state index >= 15 is 0 Å². The minimum absolute atomic E-state index is 0.0576. The topological polar surface area (TPSA) is 138 Å². The van der Waals surface area contributed by atoms with E-state index in [0.29, 0.717) is 41.4 Å². The number of aliphatic hydroxyl groups is 3. The number of rotatable bonds is 9. The van der Waals surface area contributed by atoms with Crippen molar-refractivity contribution in [2.24, 2.45) is 0 Å². The highest BCUT2D eigenvalue weighted by Crippen LogP contribution is 2.51. The lowest BCUT2D eigenvalue weighted by Gasteiger charge is -2.41. The third-order valence-electron chi connectivity index (χ3n) is 6.90. The van der Waals surface area contributed by atoms with Crippen molar-refractivity contribution in [3.05, 3.63) is 34.9 Å². The summed E-state index contributed by atoms with van der Waals surface area (Å²) >= 11 is 0. The lowest BCUT2D eigenvalue weighted by molar-refractivity contribution is -0.139. The highest BCUT2D eigenvalue weighted by atomic mass is 16.5. The Morgan fingerprint density at radius 1 is 1.29 bits per heavy atom. The van der Waals surface area contributed by atoms with Gasteiger partial charge < -0.3 is 39.7 Å². The van der Waals surface area contributed by atoms with E-state index in [4.69, 9.17) is 14.2 Å². The van der Waals surface area contributed by atoms with Crippen LogP contribution in [0, 0.1) is 0 Å². The van der Waals surface area contributed by atoms with Crippen molar-refractivity contribution in [1.82, 2.24) is 10.2 Å². The summed E-state index contributed by atoms with van der Waals surface area (Å²) in [4.78, 5) is 27.8. The first-order valence-electron chi connectivity index (χ1n) is 12.1. The molecular weight excluding hydrogens is 456 g/mol. The number of carbonyl (C=O) groups excluding carboxylic acids is 2. The summed E-state index contributed by atoms with van der Waals surface area (Å²) in [6.45, 7) is 2.29. The first-order chi connectivity index (χ1) is 16.9. The summed E-state index contributed by atoms with van der Waals surface area (Å²) in [5.41, 5.74) is 1.53. The largest absolute Gasteiger partial charge is 0.493 e. The van der Waals surface area contributed by atoms with E-state index in [1.807, 2.05) is 0 Å². The molecule has 192 valence electrons. The predicted octanol–water partition coefficient (Wildman–Crippen LogP) is 0.228. The minimum atomic E-state index is -1.12. The number of nitrogens with one attached hydrogen (secondary N) is 1. The lowest BCUT2D eigenvalue weighted by Crippen LogP contribution is -2.57. The Hall–Kier alpha value is -2.66. The standard InChI is InChI=1S/C25H34N2O8/c1-3-20(30)27(12-15-5-4-8-34-15)18-11-17(25(32)26-6-7-28)21-16-9-14(13-29)10-19(33-2)23(16)35-24(21)22(18)31/h9-11,15,18,21-22,24,28-29,31H,3-8,12-13H2,1-2H3,(H,26,32)/t15-,18-,21+,22+,24+/m1/s1. The summed E-state index contributed by atoms with van der Waals surface area (Å²) in [5.74, 6) is -0.438. The van der Waals surface area contributed by atoms with Crippen LogP contribution >= 0.6 is 0 Å².